The zero-order chi connectivity index (χ0) is 20.4. The number of rotatable bonds is 4. The molecule has 3 N–H and O–H groups in total. The van der Waals surface area contributed by atoms with Crippen LogP contribution >= 0.6 is 0 Å². The number of anilines is 1. The Hall–Kier alpha value is -2.70. The molecular formula is C23H28N4O2. The van der Waals surface area contributed by atoms with Gasteiger partial charge in [0.1, 0.15) is 0 Å². The van der Waals surface area contributed by atoms with Crippen molar-refractivity contribution in [3.8, 4) is 0 Å². The van der Waals surface area contributed by atoms with E-state index in [2.05, 4.69) is 23.2 Å². The third-order valence-electron chi connectivity index (χ3n) is 6.02. The highest BCUT2D eigenvalue weighted by atomic mass is 16.2. The van der Waals surface area contributed by atoms with Gasteiger partial charge in [-0.15, -0.1) is 0 Å². The fourth-order valence-electron chi connectivity index (χ4n) is 4.55. The molecule has 2 unspecified atom stereocenters. The summed E-state index contributed by atoms with van der Waals surface area (Å²) in [6.45, 7) is 4.07. The lowest BCUT2D eigenvalue weighted by Gasteiger charge is -2.46. The smallest absolute Gasteiger partial charge is 0.255 e. The molecule has 0 spiro atoms. The Kier molecular flexibility index (Phi) is 5.65. The first-order chi connectivity index (χ1) is 14.1. The molecule has 2 aromatic carbocycles. The zero-order valence-electron chi connectivity index (χ0n) is 16.8. The van der Waals surface area contributed by atoms with Crippen molar-refractivity contribution in [2.24, 2.45) is 5.73 Å². The molecule has 2 atom stereocenters. The number of nitrogens with two attached hydrogens (primary N) is 1. The zero-order valence-corrected chi connectivity index (χ0v) is 16.8. The number of likely N-dealkylation sites (tertiary alicyclic amines) is 1. The number of nitrogens with one attached hydrogen (secondary N) is 1. The molecule has 0 bridgehead atoms. The monoisotopic (exact) mass is 392 g/mol. The first-order valence-corrected chi connectivity index (χ1v) is 10.3. The van der Waals surface area contributed by atoms with Gasteiger partial charge in [-0.05, 0) is 55.2 Å². The number of carbonyl (C=O) groups is 2. The molecule has 0 aromatic heterocycles. The first kappa shape index (κ1) is 19.6. The minimum absolute atomic E-state index is 0.0528. The average Bonchev–Trinajstić information content (AvgIpc) is 3.29. The normalized spacial score (nSPS) is 21.7. The fourth-order valence-corrected chi connectivity index (χ4v) is 4.55. The molecule has 4 rings (SSSR count). The Morgan fingerprint density at radius 1 is 1.10 bits per heavy atom. The van der Waals surface area contributed by atoms with Crippen molar-refractivity contribution in [2.45, 2.75) is 38.4 Å². The second-order valence-corrected chi connectivity index (χ2v) is 7.85. The summed E-state index contributed by atoms with van der Waals surface area (Å²) >= 11 is 0. The standard InChI is InChI=1S/C23H28N4O2/c1-16-20-14-19(25-21(28)15-24)10-9-18(20)13-22(26-11-5-6-12-26)27(16)23(29)17-7-3-2-4-8-17/h2-4,7-10,14,16,22H,5-6,11-13,15,24H2,1H3,(H,25,28). The van der Waals surface area contributed by atoms with Crippen molar-refractivity contribution in [3.63, 3.8) is 0 Å². The minimum atomic E-state index is -0.222. The Morgan fingerprint density at radius 2 is 1.83 bits per heavy atom. The van der Waals surface area contributed by atoms with Crippen LogP contribution in [0.5, 0.6) is 0 Å². The van der Waals surface area contributed by atoms with Crippen LogP contribution in [0, 0.1) is 0 Å². The van der Waals surface area contributed by atoms with Gasteiger partial charge in [0.05, 0.1) is 18.8 Å². The highest BCUT2D eigenvalue weighted by molar-refractivity contribution is 5.95. The topological polar surface area (TPSA) is 78.7 Å². The maximum absolute atomic E-state index is 13.5. The van der Waals surface area contributed by atoms with Crippen LogP contribution in [-0.2, 0) is 11.2 Å². The Balaban J connectivity index is 1.71. The van der Waals surface area contributed by atoms with Crippen molar-refractivity contribution in [1.82, 2.24) is 9.80 Å². The molecule has 6 nitrogen and oxygen atoms in total. The van der Waals surface area contributed by atoms with Gasteiger partial charge in [-0.1, -0.05) is 24.3 Å². The Morgan fingerprint density at radius 3 is 2.52 bits per heavy atom. The number of hydrogen-bond acceptors (Lipinski definition) is 4. The van der Waals surface area contributed by atoms with E-state index in [1.165, 1.54) is 18.4 Å². The van der Waals surface area contributed by atoms with Crippen molar-refractivity contribution in [2.75, 3.05) is 25.0 Å². The maximum atomic E-state index is 13.5. The molecular weight excluding hydrogens is 364 g/mol. The quantitative estimate of drug-likeness (QED) is 0.839. The summed E-state index contributed by atoms with van der Waals surface area (Å²) in [6, 6.07) is 15.4. The highest BCUT2D eigenvalue weighted by Gasteiger charge is 2.39. The van der Waals surface area contributed by atoms with Gasteiger partial charge in [-0.3, -0.25) is 14.5 Å². The van der Waals surface area contributed by atoms with E-state index in [-0.39, 0.29) is 30.6 Å². The van der Waals surface area contributed by atoms with E-state index in [0.717, 1.165) is 30.8 Å². The van der Waals surface area contributed by atoms with Crippen LogP contribution in [0.25, 0.3) is 0 Å². The molecule has 2 heterocycles. The third kappa shape index (κ3) is 3.91. The van der Waals surface area contributed by atoms with Gasteiger partial charge in [-0.25, -0.2) is 0 Å². The van der Waals surface area contributed by atoms with Gasteiger partial charge in [0.25, 0.3) is 5.91 Å². The molecule has 2 aliphatic rings. The van der Waals surface area contributed by atoms with Crippen LogP contribution in [0.3, 0.4) is 0 Å². The number of carbonyl (C=O) groups excluding carboxylic acids is 2. The third-order valence-corrected chi connectivity index (χ3v) is 6.02. The minimum Gasteiger partial charge on any atom is -0.325 e. The van der Waals surface area contributed by atoms with Crippen molar-refractivity contribution in [3.05, 3.63) is 65.2 Å². The van der Waals surface area contributed by atoms with E-state index in [4.69, 9.17) is 5.73 Å². The molecule has 2 aromatic rings. The van der Waals surface area contributed by atoms with E-state index >= 15 is 0 Å². The lowest BCUT2D eigenvalue weighted by atomic mass is 9.90. The molecule has 29 heavy (non-hydrogen) atoms. The van der Waals surface area contributed by atoms with Gasteiger partial charge in [0, 0.05) is 30.8 Å². The van der Waals surface area contributed by atoms with Crippen LogP contribution in [0.4, 0.5) is 5.69 Å². The molecule has 6 heteroatoms. The van der Waals surface area contributed by atoms with E-state index in [1.807, 2.05) is 47.4 Å². The number of nitrogens with zero attached hydrogens (tertiary/aromatic N) is 2. The summed E-state index contributed by atoms with van der Waals surface area (Å²) in [5.41, 5.74) is 9.17. The van der Waals surface area contributed by atoms with E-state index < -0.39 is 0 Å². The molecule has 2 aliphatic heterocycles. The van der Waals surface area contributed by atoms with Gasteiger partial charge in [0.15, 0.2) is 0 Å². The number of benzene rings is 2. The molecule has 0 saturated carbocycles. The summed E-state index contributed by atoms with van der Waals surface area (Å²) < 4.78 is 0. The summed E-state index contributed by atoms with van der Waals surface area (Å²) in [7, 11) is 0. The predicted octanol–water partition coefficient (Wildman–Crippen LogP) is 2.77. The number of hydrogen-bond donors (Lipinski definition) is 2. The highest BCUT2D eigenvalue weighted by Crippen LogP contribution is 2.37. The van der Waals surface area contributed by atoms with Gasteiger partial charge in [0.2, 0.25) is 5.91 Å². The van der Waals surface area contributed by atoms with Crippen LogP contribution in [0.1, 0.15) is 47.3 Å². The van der Waals surface area contributed by atoms with E-state index in [1.54, 1.807) is 0 Å². The van der Waals surface area contributed by atoms with Gasteiger partial charge < -0.3 is 16.0 Å². The average molecular weight is 393 g/mol. The van der Waals surface area contributed by atoms with Crippen LogP contribution < -0.4 is 11.1 Å². The lowest BCUT2D eigenvalue weighted by molar-refractivity contribution is -0.114. The molecule has 0 radical (unpaired) electrons. The van der Waals surface area contributed by atoms with E-state index in [9.17, 15) is 9.59 Å². The largest absolute Gasteiger partial charge is 0.325 e. The molecule has 1 saturated heterocycles. The SMILES string of the molecule is CC1c2cc(NC(=O)CN)ccc2CC(N2CCCC2)N1C(=O)c1ccccc1. The number of fused-ring (bicyclic) bond motifs is 1. The summed E-state index contributed by atoms with van der Waals surface area (Å²) in [4.78, 5) is 29.7. The number of amides is 2. The Bertz CT molecular complexity index is 893. The summed E-state index contributed by atoms with van der Waals surface area (Å²) in [6.07, 6.45) is 3.20. The Labute approximate surface area is 171 Å². The molecule has 152 valence electrons. The summed E-state index contributed by atoms with van der Waals surface area (Å²) in [5.74, 6) is -0.169. The van der Waals surface area contributed by atoms with Crippen molar-refractivity contribution < 1.29 is 9.59 Å². The van der Waals surface area contributed by atoms with Crippen molar-refractivity contribution in [1.29, 1.82) is 0 Å². The molecule has 2 amide bonds. The van der Waals surface area contributed by atoms with Crippen LogP contribution in [0.15, 0.2) is 48.5 Å². The van der Waals surface area contributed by atoms with Crippen molar-refractivity contribution >= 4 is 17.5 Å². The maximum Gasteiger partial charge on any atom is 0.255 e. The van der Waals surface area contributed by atoms with E-state index in [0.29, 0.717) is 5.56 Å². The fraction of sp³-hybridized carbons (Fsp3) is 0.391. The van der Waals surface area contributed by atoms with Gasteiger partial charge >= 0.3 is 0 Å². The second kappa shape index (κ2) is 8.35. The molecule has 0 aliphatic carbocycles. The van der Waals surface area contributed by atoms with Crippen LogP contribution in [-0.4, -0.2) is 47.4 Å². The summed E-state index contributed by atoms with van der Waals surface area (Å²) in [5, 5.41) is 2.83. The second-order valence-electron chi connectivity index (χ2n) is 7.85. The van der Waals surface area contributed by atoms with Crippen LogP contribution in [0.2, 0.25) is 0 Å². The molecule has 1 fully saturated rings. The first-order valence-electron chi connectivity index (χ1n) is 10.3. The van der Waals surface area contributed by atoms with Gasteiger partial charge in [-0.2, -0.15) is 0 Å². The lowest BCUT2D eigenvalue weighted by Crippen LogP contribution is -2.54. The predicted molar refractivity (Wildman–Crippen MR) is 113 cm³/mol.